The molecule has 0 bridgehead atoms. The minimum Gasteiger partial charge on any atom is -0.325 e. The highest BCUT2D eigenvalue weighted by Crippen LogP contribution is 2.38. The Kier molecular flexibility index (Phi) is 3.71. The normalized spacial score (nSPS) is 23.5. The number of benzene rings is 1. The quantitative estimate of drug-likeness (QED) is 0.925. The van der Waals surface area contributed by atoms with Crippen LogP contribution in [0.3, 0.4) is 0 Å². The summed E-state index contributed by atoms with van der Waals surface area (Å²) in [6.07, 6.45) is 5.94. The van der Waals surface area contributed by atoms with Crippen LogP contribution in [-0.2, 0) is 6.42 Å². The zero-order valence-corrected chi connectivity index (χ0v) is 13.2. The largest absolute Gasteiger partial charge is 0.325 e. The predicted octanol–water partition coefficient (Wildman–Crippen LogP) is 3.29. The molecule has 1 aromatic carbocycles. The number of nitrogens with zero attached hydrogens (tertiary/aromatic N) is 1. The second-order valence-electron chi connectivity index (χ2n) is 6.47. The molecule has 104 valence electrons. The molecule has 1 aliphatic heterocycles. The Morgan fingerprint density at radius 3 is 2.58 bits per heavy atom. The van der Waals surface area contributed by atoms with Crippen LogP contribution in [-0.4, -0.2) is 30.6 Å². The molecule has 1 saturated heterocycles. The van der Waals surface area contributed by atoms with Gasteiger partial charge in [0.2, 0.25) is 0 Å². The third kappa shape index (κ3) is 3.21. The van der Waals surface area contributed by atoms with Crippen molar-refractivity contribution in [2.75, 3.05) is 20.1 Å². The van der Waals surface area contributed by atoms with Crippen LogP contribution in [0.2, 0.25) is 0 Å². The van der Waals surface area contributed by atoms with Crippen LogP contribution < -0.4 is 5.73 Å². The van der Waals surface area contributed by atoms with Gasteiger partial charge in [-0.1, -0.05) is 28.1 Å². The lowest BCUT2D eigenvalue weighted by atomic mass is 9.88. The highest BCUT2D eigenvalue weighted by molar-refractivity contribution is 9.10. The molecule has 2 fully saturated rings. The summed E-state index contributed by atoms with van der Waals surface area (Å²) in [5.74, 6) is 0.715. The Morgan fingerprint density at radius 1 is 1.32 bits per heavy atom. The first-order chi connectivity index (χ1) is 9.06. The highest BCUT2D eigenvalue weighted by Gasteiger charge is 2.38. The molecule has 0 amide bonds. The van der Waals surface area contributed by atoms with Gasteiger partial charge in [-0.2, -0.15) is 0 Å². The van der Waals surface area contributed by atoms with Crippen LogP contribution in [0, 0.1) is 0 Å². The lowest BCUT2D eigenvalue weighted by Crippen LogP contribution is -2.29. The van der Waals surface area contributed by atoms with Crippen molar-refractivity contribution < 1.29 is 0 Å². The second kappa shape index (κ2) is 5.19. The van der Waals surface area contributed by atoms with Crippen molar-refractivity contribution in [3.05, 3.63) is 33.8 Å². The molecule has 3 rings (SSSR count). The average Bonchev–Trinajstić information content (AvgIpc) is 3.08. The monoisotopic (exact) mass is 322 g/mol. The van der Waals surface area contributed by atoms with Gasteiger partial charge in [0.15, 0.2) is 0 Å². The molecule has 0 aromatic heterocycles. The molecule has 0 unspecified atom stereocenters. The van der Waals surface area contributed by atoms with E-state index in [1.165, 1.54) is 54.4 Å². The Bertz CT molecular complexity index is 460. The van der Waals surface area contributed by atoms with Gasteiger partial charge >= 0.3 is 0 Å². The Morgan fingerprint density at radius 2 is 2.00 bits per heavy atom. The van der Waals surface area contributed by atoms with Gasteiger partial charge in [0.05, 0.1) is 0 Å². The zero-order chi connectivity index (χ0) is 13.5. The van der Waals surface area contributed by atoms with Crippen molar-refractivity contribution in [1.82, 2.24) is 4.90 Å². The minimum absolute atomic E-state index is 0.106. The Hall–Kier alpha value is -0.380. The maximum atomic E-state index is 6.20. The number of hydrogen-bond acceptors (Lipinski definition) is 2. The molecule has 19 heavy (non-hydrogen) atoms. The number of halogens is 1. The first-order valence-electron chi connectivity index (χ1n) is 7.31. The SMILES string of the molecule is CN1CCC(c2ccc(CC3(N)CC3)cc2Br)CC1. The zero-order valence-electron chi connectivity index (χ0n) is 11.7. The molecule has 2 aliphatic rings. The molecule has 2 nitrogen and oxygen atoms in total. The van der Waals surface area contributed by atoms with Crippen molar-refractivity contribution in [1.29, 1.82) is 0 Å². The molecule has 2 N–H and O–H groups in total. The van der Waals surface area contributed by atoms with Gasteiger partial charge in [0, 0.05) is 10.0 Å². The fraction of sp³-hybridized carbons (Fsp3) is 0.625. The summed E-state index contributed by atoms with van der Waals surface area (Å²) in [6.45, 7) is 2.43. The van der Waals surface area contributed by atoms with Crippen molar-refractivity contribution in [3.63, 3.8) is 0 Å². The summed E-state index contributed by atoms with van der Waals surface area (Å²) in [7, 11) is 2.21. The van der Waals surface area contributed by atoms with Crippen molar-refractivity contribution in [3.8, 4) is 0 Å². The number of rotatable bonds is 3. The molecule has 0 spiro atoms. The molecular formula is C16H23BrN2. The average molecular weight is 323 g/mol. The lowest BCUT2D eigenvalue weighted by Gasteiger charge is -2.30. The lowest BCUT2D eigenvalue weighted by molar-refractivity contribution is 0.255. The van der Waals surface area contributed by atoms with Crippen LogP contribution in [0.25, 0.3) is 0 Å². The molecule has 1 saturated carbocycles. The van der Waals surface area contributed by atoms with E-state index in [0.29, 0.717) is 5.92 Å². The van der Waals surface area contributed by atoms with E-state index in [1.54, 1.807) is 0 Å². The maximum Gasteiger partial charge on any atom is 0.0212 e. The van der Waals surface area contributed by atoms with Gasteiger partial charge < -0.3 is 10.6 Å². The second-order valence-corrected chi connectivity index (χ2v) is 7.33. The van der Waals surface area contributed by atoms with Crippen LogP contribution >= 0.6 is 15.9 Å². The molecular weight excluding hydrogens is 300 g/mol. The van der Waals surface area contributed by atoms with E-state index in [9.17, 15) is 0 Å². The maximum absolute atomic E-state index is 6.20. The van der Waals surface area contributed by atoms with Gasteiger partial charge in [-0.05, 0) is 75.4 Å². The fourth-order valence-corrected chi connectivity index (χ4v) is 3.83. The van der Waals surface area contributed by atoms with Gasteiger partial charge in [0.25, 0.3) is 0 Å². The van der Waals surface area contributed by atoms with Crippen LogP contribution in [0.1, 0.15) is 42.7 Å². The first-order valence-corrected chi connectivity index (χ1v) is 8.11. The summed E-state index contributed by atoms with van der Waals surface area (Å²) < 4.78 is 1.28. The summed E-state index contributed by atoms with van der Waals surface area (Å²) in [6, 6.07) is 6.90. The number of likely N-dealkylation sites (tertiary alicyclic amines) is 1. The van der Waals surface area contributed by atoms with E-state index in [2.05, 4.69) is 46.1 Å². The summed E-state index contributed by atoms with van der Waals surface area (Å²) >= 11 is 3.77. The van der Waals surface area contributed by atoms with Crippen molar-refractivity contribution >= 4 is 15.9 Å². The topological polar surface area (TPSA) is 29.3 Å². The standard InChI is InChI=1S/C16H23BrN2/c1-19-8-4-13(5-9-19)14-3-2-12(10-15(14)17)11-16(18)6-7-16/h2-3,10,13H,4-9,11,18H2,1H3. The van der Waals surface area contributed by atoms with E-state index < -0.39 is 0 Å². The van der Waals surface area contributed by atoms with E-state index in [0.717, 1.165) is 6.42 Å². The highest BCUT2D eigenvalue weighted by atomic mass is 79.9. The van der Waals surface area contributed by atoms with Gasteiger partial charge in [-0.15, -0.1) is 0 Å². The molecule has 0 atom stereocenters. The molecule has 1 aromatic rings. The van der Waals surface area contributed by atoms with Crippen LogP contribution in [0.4, 0.5) is 0 Å². The van der Waals surface area contributed by atoms with Crippen molar-refractivity contribution in [2.24, 2.45) is 5.73 Å². The molecule has 3 heteroatoms. The Labute approximate surface area is 124 Å². The fourth-order valence-electron chi connectivity index (χ4n) is 3.08. The first kappa shape index (κ1) is 13.6. The van der Waals surface area contributed by atoms with Crippen LogP contribution in [0.5, 0.6) is 0 Å². The van der Waals surface area contributed by atoms with E-state index >= 15 is 0 Å². The van der Waals surface area contributed by atoms with Crippen LogP contribution in [0.15, 0.2) is 22.7 Å². The molecule has 1 heterocycles. The summed E-state index contributed by atoms with van der Waals surface area (Å²) in [5, 5.41) is 0. The van der Waals surface area contributed by atoms with Crippen molar-refractivity contribution in [2.45, 2.75) is 43.6 Å². The minimum atomic E-state index is 0.106. The number of piperidine rings is 1. The molecule has 0 radical (unpaired) electrons. The number of nitrogens with two attached hydrogens (primary N) is 1. The number of hydrogen-bond donors (Lipinski definition) is 1. The summed E-state index contributed by atoms with van der Waals surface area (Å²) in [5.41, 5.74) is 9.17. The van der Waals surface area contributed by atoms with Gasteiger partial charge in [-0.25, -0.2) is 0 Å². The van der Waals surface area contributed by atoms with Gasteiger partial charge in [0.1, 0.15) is 0 Å². The van der Waals surface area contributed by atoms with E-state index in [1.807, 2.05) is 0 Å². The molecule has 1 aliphatic carbocycles. The van der Waals surface area contributed by atoms with Gasteiger partial charge in [-0.3, -0.25) is 0 Å². The smallest absolute Gasteiger partial charge is 0.0212 e. The summed E-state index contributed by atoms with van der Waals surface area (Å²) in [4.78, 5) is 2.42. The van der Waals surface area contributed by atoms with E-state index in [4.69, 9.17) is 5.73 Å². The van der Waals surface area contributed by atoms with E-state index in [-0.39, 0.29) is 5.54 Å². The third-order valence-electron chi connectivity index (χ3n) is 4.67. The Balaban J connectivity index is 1.72. The predicted molar refractivity (Wildman–Crippen MR) is 83.5 cm³/mol. The third-order valence-corrected chi connectivity index (χ3v) is 5.36.